The molecule has 0 N–H and O–H groups in total. The standard InChI is InChI=1S/C29H31NO4/c1-19-10-11-23(16-20(19)2)25(31)12-13-28(32)30-15-14-22-17-26(33-3)27(34-4)18-24(22)29(30)21-8-6-5-7-9-21/h5-11,16-18,29H,12-15H2,1-4H3. The van der Waals surface area contributed by atoms with Crippen molar-refractivity contribution in [1.29, 1.82) is 0 Å². The first-order chi connectivity index (χ1) is 16.4. The van der Waals surface area contributed by atoms with Gasteiger partial charge in [0.05, 0.1) is 20.3 Å². The summed E-state index contributed by atoms with van der Waals surface area (Å²) in [5.41, 5.74) is 6.10. The number of nitrogens with zero attached hydrogens (tertiary/aromatic N) is 1. The summed E-state index contributed by atoms with van der Waals surface area (Å²) >= 11 is 0. The molecule has 5 heteroatoms. The molecule has 3 aromatic rings. The van der Waals surface area contributed by atoms with Crippen molar-refractivity contribution in [1.82, 2.24) is 4.90 Å². The normalized spacial score (nSPS) is 14.9. The highest BCUT2D eigenvalue weighted by Crippen LogP contribution is 2.41. The topological polar surface area (TPSA) is 55.8 Å². The number of rotatable bonds is 7. The molecule has 34 heavy (non-hydrogen) atoms. The Morgan fingerprint density at radius 2 is 1.59 bits per heavy atom. The lowest BCUT2D eigenvalue weighted by atomic mass is 9.87. The molecule has 0 saturated heterocycles. The van der Waals surface area contributed by atoms with Crippen molar-refractivity contribution >= 4 is 11.7 Å². The van der Waals surface area contributed by atoms with Crippen LogP contribution in [-0.2, 0) is 11.2 Å². The van der Waals surface area contributed by atoms with Gasteiger partial charge in [0.15, 0.2) is 17.3 Å². The predicted octanol–water partition coefficient (Wildman–Crippen LogP) is 5.46. The number of hydrogen-bond acceptors (Lipinski definition) is 4. The van der Waals surface area contributed by atoms with Crippen molar-refractivity contribution in [3.8, 4) is 11.5 Å². The molecule has 1 heterocycles. The van der Waals surface area contributed by atoms with Crippen molar-refractivity contribution in [2.75, 3.05) is 20.8 Å². The summed E-state index contributed by atoms with van der Waals surface area (Å²) in [6.45, 7) is 4.60. The van der Waals surface area contributed by atoms with Crippen molar-refractivity contribution in [3.05, 3.63) is 94.0 Å². The molecule has 0 saturated carbocycles. The van der Waals surface area contributed by atoms with E-state index in [0.717, 1.165) is 34.2 Å². The Morgan fingerprint density at radius 1 is 0.882 bits per heavy atom. The average Bonchev–Trinajstić information content (AvgIpc) is 2.87. The van der Waals surface area contributed by atoms with Crippen LogP contribution < -0.4 is 9.47 Å². The molecule has 0 fully saturated rings. The van der Waals surface area contributed by atoms with Crippen LogP contribution in [0.3, 0.4) is 0 Å². The molecule has 1 aliphatic heterocycles. The molecule has 1 atom stereocenters. The Hall–Kier alpha value is -3.60. The second-order valence-corrected chi connectivity index (χ2v) is 8.78. The van der Waals surface area contributed by atoms with Gasteiger partial charge in [-0.15, -0.1) is 0 Å². The maximum absolute atomic E-state index is 13.4. The average molecular weight is 458 g/mol. The van der Waals surface area contributed by atoms with E-state index in [1.54, 1.807) is 14.2 Å². The maximum Gasteiger partial charge on any atom is 0.223 e. The van der Waals surface area contributed by atoms with Crippen molar-refractivity contribution in [2.45, 2.75) is 39.2 Å². The zero-order valence-electron chi connectivity index (χ0n) is 20.3. The summed E-state index contributed by atoms with van der Waals surface area (Å²) in [5.74, 6) is 1.30. The van der Waals surface area contributed by atoms with Crippen LogP contribution in [0.5, 0.6) is 11.5 Å². The van der Waals surface area contributed by atoms with Crippen LogP contribution >= 0.6 is 0 Å². The van der Waals surface area contributed by atoms with Gasteiger partial charge in [-0.25, -0.2) is 0 Å². The number of fused-ring (bicyclic) bond motifs is 1. The number of benzene rings is 3. The maximum atomic E-state index is 13.4. The van der Waals surface area contributed by atoms with Gasteiger partial charge in [-0.05, 0) is 66.3 Å². The van der Waals surface area contributed by atoms with E-state index in [1.165, 1.54) is 0 Å². The predicted molar refractivity (Wildman–Crippen MR) is 133 cm³/mol. The molecule has 0 radical (unpaired) electrons. The van der Waals surface area contributed by atoms with E-state index in [-0.39, 0.29) is 30.6 Å². The number of aryl methyl sites for hydroxylation is 2. The number of methoxy groups -OCH3 is 2. The van der Waals surface area contributed by atoms with Gasteiger partial charge in [-0.3, -0.25) is 9.59 Å². The molecule has 0 bridgehead atoms. The van der Waals surface area contributed by atoms with E-state index < -0.39 is 0 Å². The van der Waals surface area contributed by atoms with Gasteiger partial charge in [-0.2, -0.15) is 0 Å². The van der Waals surface area contributed by atoms with Crippen molar-refractivity contribution < 1.29 is 19.1 Å². The lowest BCUT2D eigenvalue weighted by molar-refractivity contribution is -0.133. The van der Waals surface area contributed by atoms with Gasteiger partial charge in [0.25, 0.3) is 0 Å². The molecule has 0 aliphatic carbocycles. The zero-order valence-corrected chi connectivity index (χ0v) is 20.3. The minimum Gasteiger partial charge on any atom is -0.493 e. The Labute approximate surface area is 201 Å². The van der Waals surface area contributed by atoms with Gasteiger partial charge in [-0.1, -0.05) is 42.5 Å². The van der Waals surface area contributed by atoms with Crippen LogP contribution in [0.1, 0.15) is 57.1 Å². The fourth-order valence-corrected chi connectivity index (χ4v) is 4.63. The Kier molecular flexibility index (Phi) is 7.01. The molecule has 1 aliphatic rings. The second kappa shape index (κ2) is 10.1. The van der Waals surface area contributed by atoms with Crippen molar-refractivity contribution in [2.24, 2.45) is 0 Å². The van der Waals surface area contributed by atoms with Crippen LogP contribution in [0.4, 0.5) is 0 Å². The molecule has 1 unspecified atom stereocenters. The van der Waals surface area contributed by atoms with Crippen molar-refractivity contribution in [3.63, 3.8) is 0 Å². The van der Waals surface area contributed by atoms with Crippen LogP contribution in [0, 0.1) is 13.8 Å². The quantitative estimate of drug-likeness (QED) is 0.442. The fraction of sp³-hybridized carbons (Fsp3) is 0.310. The van der Waals surface area contributed by atoms with E-state index in [2.05, 4.69) is 0 Å². The van der Waals surface area contributed by atoms with Crippen LogP contribution in [0.25, 0.3) is 0 Å². The number of ether oxygens (including phenoxy) is 2. The van der Waals surface area contributed by atoms with Gasteiger partial charge < -0.3 is 14.4 Å². The fourth-order valence-electron chi connectivity index (χ4n) is 4.63. The molecule has 0 aromatic heterocycles. The third-order valence-electron chi connectivity index (χ3n) is 6.70. The highest BCUT2D eigenvalue weighted by atomic mass is 16.5. The van der Waals surface area contributed by atoms with E-state index in [9.17, 15) is 9.59 Å². The monoisotopic (exact) mass is 457 g/mol. The van der Waals surface area contributed by atoms with Crippen LogP contribution in [0.2, 0.25) is 0 Å². The molecule has 176 valence electrons. The number of carbonyl (C=O) groups is 2. The number of Topliss-reactive ketones (excluding diaryl/α,β-unsaturated/α-hetero) is 1. The van der Waals surface area contributed by atoms with E-state index in [1.807, 2.05) is 79.4 Å². The minimum absolute atomic E-state index is 0.00322. The molecular formula is C29H31NO4. The van der Waals surface area contributed by atoms with E-state index in [4.69, 9.17) is 9.47 Å². The van der Waals surface area contributed by atoms with Gasteiger partial charge in [0, 0.05) is 24.9 Å². The third-order valence-corrected chi connectivity index (χ3v) is 6.70. The zero-order chi connectivity index (χ0) is 24.2. The largest absolute Gasteiger partial charge is 0.493 e. The summed E-state index contributed by atoms with van der Waals surface area (Å²) < 4.78 is 11.1. The highest BCUT2D eigenvalue weighted by Gasteiger charge is 2.33. The summed E-state index contributed by atoms with van der Waals surface area (Å²) in [6.07, 6.45) is 1.09. The molecule has 1 amide bonds. The van der Waals surface area contributed by atoms with Gasteiger partial charge in [0.2, 0.25) is 5.91 Å². The lowest BCUT2D eigenvalue weighted by Gasteiger charge is -2.38. The number of amides is 1. The summed E-state index contributed by atoms with van der Waals surface area (Å²) in [7, 11) is 3.25. The third kappa shape index (κ3) is 4.69. The smallest absolute Gasteiger partial charge is 0.223 e. The van der Waals surface area contributed by atoms with Gasteiger partial charge >= 0.3 is 0 Å². The second-order valence-electron chi connectivity index (χ2n) is 8.78. The van der Waals surface area contributed by atoms with Gasteiger partial charge in [0.1, 0.15) is 0 Å². The number of hydrogen-bond donors (Lipinski definition) is 0. The molecule has 4 rings (SSSR count). The van der Waals surface area contributed by atoms with Crippen LogP contribution in [0.15, 0.2) is 60.7 Å². The molecule has 3 aromatic carbocycles. The number of ketones is 1. The van der Waals surface area contributed by atoms with Crippen LogP contribution in [-0.4, -0.2) is 37.4 Å². The Morgan fingerprint density at radius 3 is 2.26 bits per heavy atom. The summed E-state index contributed by atoms with van der Waals surface area (Å²) in [4.78, 5) is 28.1. The van der Waals surface area contributed by atoms with E-state index in [0.29, 0.717) is 23.6 Å². The minimum atomic E-state index is -0.242. The first-order valence-corrected chi connectivity index (χ1v) is 11.6. The first-order valence-electron chi connectivity index (χ1n) is 11.6. The molecule has 0 spiro atoms. The summed E-state index contributed by atoms with van der Waals surface area (Å²) in [6, 6.07) is 19.5. The SMILES string of the molecule is COc1cc2c(cc1OC)C(c1ccccc1)N(C(=O)CCC(=O)c1ccc(C)c(C)c1)CC2. The molecular weight excluding hydrogens is 426 g/mol. The van der Waals surface area contributed by atoms with E-state index >= 15 is 0 Å². The first kappa shape index (κ1) is 23.6. The highest BCUT2D eigenvalue weighted by molar-refractivity contribution is 5.98. The summed E-state index contributed by atoms with van der Waals surface area (Å²) in [5, 5.41) is 0. The Balaban J connectivity index is 1.61. The lowest BCUT2D eigenvalue weighted by Crippen LogP contribution is -2.40. The number of carbonyl (C=O) groups excluding carboxylic acids is 2. The molecule has 5 nitrogen and oxygen atoms in total. The Bertz CT molecular complexity index is 1200.